The summed E-state index contributed by atoms with van der Waals surface area (Å²) in [5.74, 6) is 0. The van der Waals surface area contributed by atoms with Gasteiger partial charge in [-0.3, -0.25) is 0 Å². The van der Waals surface area contributed by atoms with Gasteiger partial charge in [0.2, 0.25) is 0 Å². The molecule has 0 amide bonds. The van der Waals surface area contributed by atoms with E-state index < -0.39 is 9.84 Å². The molecular formula is C14H21NO2S. The van der Waals surface area contributed by atoms with Crippen molar-refractivity contribution in [2.45, 2.75) is 44.4 Å². The van der Waals surface area contributed by atoms with Gasteiger partial charge >= 0.3 is 0 Å². The van der Waals surface area contributed by atoms with Crippen LogP contribution in [0.4, 0.5) is 5.69 Å². The van der Waals surface area contributed by atoms with Crippen LogP contribution in [0.1, 0.15) is 30.4 Å². The second kappa shape index (κ2) is 4.92. The van der Waals surface area contributed by atoms with Crippen molar-refractivity contribution in [2.75, 3.05) is 11.6 Å². The lowest BCUT2D eigenvalue weighted by Gasteiger charge is -2.22. The first-order valence-electron chi connectivity index (χ1n) is 6.41. The van der Waals surface area contributed by atoms with Crippen LogP contribution in [0.2, 0.25) is 0 Å². The Bertz CT molecular complexity index is 537. The average Bonchev–Trinajstić information content (AvgIpc) is 2.72. The molecule has 0 bridgehead atoms. The van der Waals surface area contributed by atoms with Crippen LogP contribution in [-0.2, 0) is 9.84 Å². The van der Waals surface area contributed by atoms with Crippen LogP contribution in [-0.4, -0.2) is 26.0 Å². The Balaban J connectivity index is 2.21. The molecule has 100 valence electrons. The second-order valence-electron chi connectivity index (χ2n) is 5.30. The summed E-state index contributed by atoms with van der Waals surface area (Å²) in [5, 5.41) is 3.19. The molecule has 1 aliphatic rings. The van der Waals surface area contributed by atoms with E-state index in [0.717, 1.165) is 24.9 Å². The smallest absolute Gasteiger partial charge is 0.152 e. The molecule has 0 radical (unpaired) electrons. The molecule has 1 fully saturated rings. The van der Waals surface area contributed by atoms with Gasteiger partial charge in [0.15, 0.2) is 9.84 Å². The van der Waals surface area contributed by atoms with Crippen molar-refractivity contribution >= 4 is 15.5 Å². The standard InChI is InChI=1S/C14H21NO2S/c1-10-6-4-7-12(11(10)2)15-13-8-5-9-14(13)18(3,16)17/h4,6-7,13-15H,5,8-9H2,1-3H3. The number of hydrogen-bond donors (Lipinski definition) is 1. The van der Waals surface area contributed by atoms with Gasteiger partial charge in [-0.05, 0) is 50.3 Å². The van der Waals surface area contributed by atoms with Gasteiger partial charge in [0.05, 0.1) is 5.25 Å². The number of rotatable bonds is 3. The molecule has 1 saturated carbocycles. The highest BCUT2D eigenvalue weighted by Gasteiger charge is 2.34. The fourth-order valence-electron chi connectivity index (χ4n) is 2.71. The SMILES string of the molecule is Cc1cccc(NC2CCCC2S(C)(=O)=O)c1C. The monoisotopic (exact) mass is 267 g/mol. The summed E-state index contributed by atoms with van der Waals surface area (Å²) in [4.78, 5) is 0. The number of benzene rings is 1. The predicted molar refractivity (Wildman–Crippen MR) is 75.8 cm³/mol. The largest absolute Gasteiger partial charge is 0.381 e. The Morgan fingerprint density at radius 3 is 2.61 bits per heavy atom. The molecule has 2 unspecified atom stereocenters. The van der Waals surface area contributed by atoms with Crippen molar-refractivity contribution in [1.82, 2.24) is 0 Å². The quantitative estimate of drug-likeness (QED) is 0.916. The van der Waals surface area contributed by atoms with Crippen molar-refractivity contribution < 1.29 is 8.42 Å². The molecule has 1 aromatic rings. The topological polar surface area (TPSA) is 46.2 Å². The van der Waals surface area contributed by atoms with Gasteiger partial charge in [0.25, 0.3) is 0 Å². The molecule has 18 heavy (non-hydrogen) atoms. The first-order chi connectivity index (χ1) is 8.39. The van der Waals surface area contributed by atoms with E-state index in [0.29, 0.717) is 0 Å². The molecule has 1 aromatic carbocycles. The van der Waals surface area contributed by atoms with E-state index in [1.54, 1.807) is 0 Å². The van der Waals surface area contributed by atoms with Crippen molar-refractivity contribution in [3.8, 4) is 0 Å². The summed E-state index contributed by atoms with van der Waals surface area (Å²) in [6.07, 6.45) is 4.05. The molecular weight excluding hydrogens is 246 g/mol. The Morgan fingerprint density at radius 1 is 1.22 bits per heavy atom. The fourth-order valence-corrected chi connectivity index (χ4v) is 4.11. The van der Waals surface area contributed by atoms with E-state index in [9.17, 15) is 8.42 Å². The third-order valence-corrected chi connectivity index (χ3v) is 5.61. The molecule has 1 N–H and O–H groups in total. The zero-order valence-corrected chi connectivity index (χ0v) is 12.0. The number of sulfone groups is 1. The van der Waals surface area contributed by atoms with Crippen molar-refractivity contribution in [2.24, 2.45) is 0 Å². The van der Waals surface area contributed by atoms with Crippen LogP contribution in [0.5, 0.6) is 0 Å². The zero-order valence-electron chi connectivity index (χ0n) is 11.2. The maximum Gasteiger partial charge on any atom is 0.152 e. The average molecular weight is 267 g/mol. The first-order valence-corrected chi connectivity index (χ1v) is 8.36. The van der Waals surface area contributed by atoms with Crippen LogP contribution in [0.15, 0.2) is 18.2 Å². The van der Waals surface area contributed by atoms with Crippen LogP contribution in [0, 0.1) is 13.8 Å². The third-order valence-electron chi connectivity index (χ3n) is 3.95. The highest BCUT2D eigenvalue weighted by Crippen LogP contribution is 2.29. The summed E-state index contributed by atoms with van der Waals surface area (Å²) in [7, 11) is -2.96. The van der Waals surface area contributed by atoms with E-state index in [-0.39, 0.29) is 11.3 Å². The minimum atomic E-state index is -2.96. The second-order valence-corrected chi connectivity index (χ2v) is 7.56. The molecule has 0 saturated heterocycles. The summed E-state index contributed by atoms with van der Waals surface area (Å²) < 4.78 is 23.5. The lowest BCUT2D eigenvalue weighted by atomic mass is 10.1. The summed E-state index contributed by atoms with van der Waals surface area (Å²) in [6, 6.07) is 6.17. The molecule has 0 aromatic heterocycles. The molecule has 0 spiro atoms. The number of aryl methyl sites for hydroxylation is 1. The van der Waals surface area contributed by atoms with E-state index in [2.05, 4.69) is 25.2 Å². The van der Waals surface area contributed by atoms with Crippen LogP contribution in [0.3, 0.4) is 0 Å². The van der Waals surface area contributed by atoms with Crippen molar-refractivity contribution in [1.29, 1.82) is 0 Å². The highest BCUT2D eigenvalue weighted by atomic mass is 32.2. The van der Waals surface area contributed by atoms with Gasteiger partial charge in [0.1, 0.15) is 0 Å². The van der Waals surface area contributed by atoms with E-state index in [1.165, 1.54) is 17.4 Å². The van der Waals surface area contributed by atoms with Gasteiger partial charge < -0.3 is 5.32 Å². The van der Waals surface area contributed by atoms with E-state index >= 15 is 0 Å². The minimum Gasteiger partial charge on any atom is -0.381 e. The molecule has 1 aliphatic carbocycles. The lowest BCUT2D eigenvalue weighted by molar-refractivity contribution is 0.579. The van der Waals surface area contributed by atoms with Crippen LogP contribution < -0.4 is 5.32 Å². The molecule has 0 heterocycles. The van der Waals surface area contributed by atoms with Crippen molar-refractivity contribution in [3.63, 3.8) is 0 Å². The molecule has 0 aliphatic heterocycles. The van der Waals surface area contributed by atoms with Gasteiger partial charge in [-0.1, -0.05) is 12.1 Å². The summed E-state index contributed by atoms with van der Waals surface area (Å²) >= 11 is 0. The Morgan fingerprint density at radius 2 is 1.94 bits per heavy atom. The Hall–Kier alpha value is -1.03. The normalized spacial score (nSPS) is 24.2. The lowest BCUT2D eigenvalue weighted by Crippen LogP contribution is -2.34. The van der Waals surface area contributed by atoms with Crippen LogP contribution in [0.25, 0.3) is 0 Å². The molecule has 4 heteroatoms. The third kappa shape index (κ3) is 2.69. The number of hydrogen-bond acceptors (Lipinski definition) is 3. The van der Waals surface area contributed by atoms with Gasteiger partial charge in [-0.2, -0.15) is 0 Å². The van der Waals surface area contributed by atoms with Crippen LogP contribution >= 0.6 is 0 Å². The fraction of sp³-hybridized carbons (Fsp3) is 0.571. The minimum absolute atomic E-state index is 0.0560. The van der Waals surface area contributed by atoms with Gasteiger partial charge in [-0.15, -0.1) is 0 Å². The molecule has 2 rings (SSSR count). The number of nitrogens with one attached hydrogen (secondary N) is 1. The number of anilines is 1. The summed E-state index contributed by atoms with van der Waals surface area (Å²) in [6.45, 7) is 4.14. The molecule has 2 atom stereocenters. The maximum atomic E-state index is 11.7. The zero-order chi connectivity index (χ0) is 13.3. The van der Waals surface area contributed by atoms with Crippen molar-refractivity contribution in [3.05, 3.63) is 29.3 Å². The highest BCUT2D eigenvalue weighted by molar-refractivity contribution is 7.91. The van der Waals surface area contributed by atoms with E-state index in [4.69, 9.17) is 0 Å². The predicted octanol–water partition coefficient (Wildman–Crippen LogP) is 2.68. The van der Waals surface area contributed by atoms with Gasteiger partial charge in [-0.25, -0.2) is 8.42 Å². The summed E-state index contributed by atoms with van der Waals surface area (Å²) in [5.41, 5.74) is 3.50. The van der Waals surface area contributed by atoms with Gasteiger partial charge in [0, 0.05) is 18.0 Å². The Kier molecular flexibility index (Phi) is 3.66. The molecule has 3 nitrogen and oxygen atoms in total. The maximum absolute atomic E-state index is 11.7. The Labute approximate surface area is 110 Å². The van der Waals surface area contributed by atoms with E-state index in [1.807, 2.05) is 12.1 Å². The first kappa shape index (κ1) is 13.4.